The minimum absolute atomic E-state index is 0.237. The second kappa shape index (κ2) is 63.9. The average molecular weight is 1460 g/mol. The van der Waals surface area contributed by atoms with Gasteiger partial charge in [0.25, 0.3) is 0 Å². The molecule has 0 radical (unpaired) electrons. The quantitative estimate of drug-likeness (QED) is 0.0199. The predicted molar refractivity (Wildman–Crippen MR) is 406 cm³/mol. The number of carbonyl (C=O) groups excluding carboxylic acids is 1. The van der Waals surface area contributed by atoms with E-state index in [-0.39, 0.29) is 18.9 Å². The Labute approximate surface area is 619 Å². The molecule has 3 rings (SSSR count). The van der Waals surface area contributed by atoms with Crippen molar-refractivity contribution in [2.75, 3.05) is 26.4 Å². The van der Waals surface area contributed by atoms with Gasteiger partial charge in [-0.05, 0) is 44.9 Å². The molecule has 19 nitrogen and oxygen atoms in total. The number of hydrogen-bond acceptors (Lipinski definition) is 18. The first-order valence-electron chi connectivity index (χ1n) is 42.2. The van der Waals surface area contributed by atoms with Gasteiger partial charge in [0.05, 0.1) is 38.6 Å². The van der Waals surface area contributed by atoms with Crippen LogP contribution in [0.5, 0.6) is 0 Å². The molecular formula is C83H155NO18. The van der Waals surface area contributed by atoms with Gasteiger partial charge in [0.15, 0.2) is 18.9 Å². The molecule has 3 saturated heterocycles. The summed E-state index contributed by atoms with van der Waals surface area (Å²) in [6.07, 6.45) is 52.9. The standard InChI is InChI=1S/C83H155NO18/c1-3-5-7-9-11-13-15-17-19-21-23-25-27-29-31-32-33-35-37-39-41-43-45-47-49-51-53-55-57-59-61-71(89)84-66(67(88)60-58-56-54-52-50-48-46-44-42-40-38-36-34-30-28-26-24-22-20-18-16-14-12-10-8-6-4-2)65-97-81-77(95)74(92)79(69(63-86)99-81)102-83-78(96)75(93)80(70(64-87)100-83)101-82-76(94)73(91)72(90)68(62-85)98-82/h42,44,50,52,58,60,66-70,72-83,85-88,90-96H,3-41,43,45-49,51,53-57,59,61-65H2,1-2H3,(H,84,89)/b44-42+,52-50+,60-58+. The van der Waals surface area contributed by atoms with Crippen molar-refractivity contribution in [1.82, 2.24) is 5.32 Å². The molecule has 600 valence electrons. The molecule has 0 aliphatic carbocycles. The Morgan fingerprint density at radius 3 is 0.980 bits per heavy atom. The van der Waals surface area contributed by atoms with E-state index in [1.807, 2.05) is 6.08 Å². The highest BCUT2D eigenvalue weighted by Crippen LogP contribution is 2.33. The third kappa shape index (κ3) is 43.3. The summed E-state index contributed by atoms with van der Waals surface area (Å²) in [5.41, 5.74) is 0. The average Bonchev–Trinajstić information content (AvgIpc) is 0.775. The van der Waals surface area contributed by atoms with Crippen molar-refractivity contribution in [3.05, 3.63) is 36.5 Å². The lowest BCUT2D eigenvalue weighted by Gasteiger charge is -2.48. The van der Waals surface area contributed by atoms with Gasteiger partial charge in [-0.3, -0.25) is 4.79 Å². The van der Waals surface area contributed by atoms with Crippen LogP contribution in [-0.4, -0.2) is 193 Å². The molecule has 3 aliphatic rings. The lowest BCUT2D eigenvalue weighted by Crippen LogP contribution is -2.66. The molecule has 19 heteroatoms. The molecule has 12 N–H and O–H groups in total. The zero-order valence-electron chi connectivity index (χ0n) is 64.4. The number of amides is 1. The van der Waals surface area contributed by atoms with Crippen LogP contribution in [0, 0.1) is 0 Å². The van der Waals surface area contributed by atoms with Gasteiger partial charge in [-0.2, -0.15) is 0 Å². The number of aliphatic hydroxyl groups is 11. The molecule has 3 aliphatic heterocycles. The lowest BCUT2D eigenvalue weighted by atomic mass is 9.96. The first kappa shape index (κ1) is 94.2. The van der Waals surface area contributed by atoms with Gasteiger partial charge in [-0.1, -0.05) is 339 Å². The smallest absolute Gasteiger partial charge is 0.220 e. The maximum Gasteiger partial charge on any atom is 0.220 e. The van der Waals surface area contributed by atoms with Gasteiger partial charge in [-0.15, -0.1) is 0 Å². The van der Waals surface area contributed by atoms with Gasteiger partial charge < -0.3 is 89.9 Å². The number of rotatable bonds is 68. The number of hydrogen-bond donors (Lipinski definition) is 12. The Bertz CT molecular complexity index is 1980. The van der Waals surface area contributed by atoms with E-state index in [1.165, 1.54) is 276 Å². The second-order valence-corrected chi connectivity index (χ2v) is 30.3. The van der Waals surface area contributed by atoms with Crippen molar-refractivity contribution in [1.29, 1.82) is 0 Å². The van der Waals surface area contributed by atoms with Crippen LogP contribution in [0.3, 0.4) is 0 Å². The van der Waals surface area contributed by atoms with E-state index in [4.69, 9.17) is 28.4 Å². The highest BCUT2D eigenvalue weighted by atomic mass is 16.8. The molecule has 3 heterocycles. The van der Waals surface area contributed by atoms with E-state index in [0.717, 1.165) is 44.9 Å². The maximum atomic E-state index is 13.5. The fourth-order valence-electron chi connectivity index (χ4n) is 14.4. The molecule has 0 aromatic heterocycles. The van der Waals surface area contributed by atoms with Crippen molar-refractivity contribution in [2.24, 2.45) is 0 Å². The van der Waals surface area contributed by atoms with Crippen LogP contribution in [0.2, 0.25) is 0 Å². The second-order valence-electron chi connectivity index (χ2n) is 30.3. The Balaban J connectivity index is 1.37. The van der Waals surface area contributed by atoms with Gasteiger partial charge in [-0.25, -0.2) is 0 Å². The summed E-state index contributed by atoms with van der Waals surface area (Å²) < 4.78 is 34.5. The van der Waals surface area contributed by atoms with E-state index < -0.39 is 124 Å². The summed E-state index contributed by atoms with van der Waals surface area (Å²) in [4.78, 5) is 13.5. The third-order valence-electron chi connectivity index (χ3n) is 21.2. The van der Waals surface area contributed by atoms with Crippen LogP contribution in [-0.2, 0) is 33.2 Å². The van der Waals surface area contributed by atoms with E-state index in [1.54, 1.807) is 6.08 Å². The molecule has 17 unspecified atom stereocenters. The molecule has 17 atom stereocenters. The van der Waals surface area contributed by atoms with Crippen LogP contribution >= 0.6 is 0 Å². The van der Waals surface area contributed by atoms with Gasteiger partial charge >= 0.3 is 0 Å². The van der Waals surface area contributed by atoms with Crippen LogP contribution in [0.15, 0.2) is 36.5 Å². The maximum absolute atomic E-state index is 13.5. The van der Waals surface area contributed by atoms with Crippen LogP contribution in [0.1, 0.15) is 354 Å². The number of ether oxygens (including phenoxy) is 6. The molecule has 3 fully saturated rings. The largest absolute Gasteiger partial charge is 0.394 e. The minimum Gasteiger partial charge on any atom is -0.394 e. The van der Waals surface area contributed by atoms with E-state index in [9.17, 15) is 61.0 Å². The Morgan fingerprint density at radius 1 is 0.343 bits per heavy atom. The highest BCUT2D eigenvalue weighted by Gasteiger charge is 2.54. The summed E-state index contributed by atoms with van der Waals surface area (Å²) in [7, 11) is 0. The fourth-order valence-corrected chi connectivity index (χ4v) is 14.4. The van der Waals surface area contributed by atoms with Crippen molar-refractivity contribution in [3.63, 3.8) is 0 Å². The monoisotopic (exact) mass is 1450 g/mol. The minimum atomic E-state index is -1.98. The van der Waals surface area contributed by atoms with Crippen LogP contribution < -0.4 is 5.32 Å². The number of allylic oxidation sites excluding steroid dienone is 5. The third-order valence-corrected chi connectivity index (χ3v) is 21.2. The van der Waals surface area contributed by atoms with Gasteiger partial charge in [0.2, 0.25) is 5.91 Å². The van der Waals surface area contributed by atoms with Crippen molar-refractivity contribution >= 4 is 5.91 Å². The SMILES string of the molecule is CCCCCCCCCCCCCCCCCCC/C=C/CC/C=C/CC/C=C/C(O)C(COC1OC(CO)C(OC2OC(CO)C(OC3OC(CO)C(O)C(O)C3O)C(O)C2O)C(O)C1O)NC(=O)CCCCCCCCCCCCCCCCCCCCCCCCCCCCCCCC. The first-order chi connectivity index (χ1) is 49.8. The zero-order valence-corrected chi connectivity index (χ0v) is 64.4. The van der Waals surface area contributed by atoms with E-state index in [2.05, 4.69) is 43.5 Å². The molecule has 0 bridgehead atoms. The summed E-state index contributed by atoms with van der Waals surface area (Å²) in [5, 5.41) is 121. The normalized spacial score (nSPS) is 26.3. The van der Waals surface area contributed by atoms with Crippen molar-refractivity contribution < 1.29 is 89.4 Å². The lowest BCUT2D eigenvalue weighted by molar-refractivity contribution is -0.379. The number of aliphatic hydroxyl groups excluding tert-OH is 11. The summed E-state index contributed by atoms with van der Waals surface area (Å²) in [6.45, 7) is 1.77. The van der Waals surface area contributed by atoms with Crippen molar-refractivity contribution in [3.8, 4) is 0 Å². The van der Waals surface area contributed by atoms with Crippen molar-refractivity contribution in [2.45, 2.75) is 458 Å². The molecule has 0 aromatic carbocycles. The van der Waals surface area contributed by atoms with Crippen LogP contribution in [0.25, 0.3) is 0 Å². The predicted octanol–water partition coefficient (Wildman–Crippen LogP) is 14.7. The molecule has 1 amide bonds. The summed E-state index contributed by atoms with van der Waals surface area (Å²) in [5.74, 6) is -0.282. The topological polar surface area (TPSA) is 307 Å². The summed E-state index contributed by atoms with van der Waals surface area (Å²) in [6, 6.07) is -0.996. The molecule has 0 saturated carbocycles. The molecule has 0 aromatic rings. The fraction of sp³-hybridized carbons (Fsp3) is 0.916. The number of unbranched alkanes of at least 4 members (excludes halogenated alkanes) is 48. The Morgan fingerprint density at radius 2 is 0.627 bits per heavy atom. The van der Waals surface area contributed by atoms with Crippen LogP contribution in [0.4, 0.5) is 0 Å². The number of carbonyl (C=O) groups is 1. The highest BCUT2D eigenvalue weighted by molar-refractivity contribution is 5.76. The molecule has 0 spiro atoms. The molecule has 102 heavy (non-hydrogen) atoms. The van der Waals surface area contributed by atoms with Gasteiger partial charge in [0, 0.05) is 6.42 Å². The van der Waals surface area contributed by atoms with E-state index >= 15 is 0 Å². The molecular weight excluding hydrogens is 1300 g/mol. The number of nitrogens with one attached hydrogen (secondary N) is 1. The summed E-state index contributed by atoms with van der Waals surface area (Å²) >= 11 is 0. The Kier molecular flexibility index (Phi) is 59.0. The zero-order chi connectivity index (χ0) is 73.9. The first-order valence-corrected chi connectivity index (χ1v) is 42.2. The Hall–Kier alpha value is -1.99. The van der Waals surface area contributed by atoms with E-state index in [0.29, 0.717) is 12.8 Å². The van der Waals surface area contributed by atoms with Gasteiger partial charge in [0.1, 0.15) is 73.2 Å².